The van der Waals surface area contributed by atoms with Gasteiger partial charge in [-0.2, -0.15) is 5.10 Å². The molecule has 0 fully saturated rings. The lowest BCUT2D eigenvalue weighted by Gasteiger charge is -2.13. The molecule has 1 heterocycles. The highest BCUT2D eigenvalue weighted by molar-refractivity contribution is 5.89. The number of aromatic nitrogens is 1. The van der Waals surface area contributed by atoms with E-state index >= 15 is 0 Å². The molecule has 1 N–H and O–H groups in total. The molecule has 3 aromatic carbocycles. The number of fused-ring (bicyclic) bond motifs is 1. The fourth-order valence-corrected chi connectivity index (χ4v) is 3.99. The number of hydrazone groups is 1. The predicted molar refractivity (Wildman–Crippen MR) is 130 cm³/mol. The third-order valence-electron chi connectivity index (χ3n) is 5.58. The highest BCUT2D eigenvalue weighted by atomic mass is 16.5. The van der Waals surface area contributed by atoms with Gasteiger partial charge in [0.2, 0.25) is 0 Å². The van der Waals surface area contributed by atoms with Crippen molar-refractivity contribution in [3.63, 3.8) is 0 Å². The Bertz CT molecular complexity index is 1280. The summed E-state index contributed by atoms with van der Waals surface area (Å²) in [6.07, 6.45) is 2.65. The molecular formula is C27H27N3O2. The van der Waals surface area contributed by atoms with E-state index in [0.717, 1.165) is 34.1 Å². The van der Waals surface area contributed by atoms with Crippen molar-refractivity contribution in [1.29, 1.82) is 0 Å². The van der Waals surface area contributed by atoms with Crippen LogP contribution in [0.15, 0.2) is 77.9 Å². The zero-order valence-electron chi connectivity index (χ0n) is 18.6. The molecule has 1 amide bonds. The lowest BCUT2D eigenvalue weighted by atomic mass is 10.1. The minimum Gasteiger partial charge on any atom is -0.483 e. The molecule has 0 spiro atoms. The lowest BCUT2D eigenvalue weighted by molar-refractivity contribution is -0.123. The largest absolute Gasteiger partial charge is 0.483 e. The molecule has 4 aromatic rings. The zero-order valence-corrected chi connectivity index (χ0v) is 18.6. The van der Waals surface area contributed by atoms with Gasteiger partial charge in [0.25, 0.3) is 5.91 Å². The van der Waals surface area contributed by atoms with E-state index < -0.39 is 0 Å². The van der Waals surface area contributed by atoms with E-state index in [9.17, 15) is 4.79 Å². The summed E-state index contributed by atoms with van der Waals surface area (Å²) in [5, 5.41) is 6.20. The van der Waals surface area contributed by atoms with Gasteiger partial charge in [-0.25, -0.2) is 5.43 Å². The Kier molecular flexibility index (Phi) is 6.36. The molecule has 0 aliphatic rings. The molecule has 0 radical (unpaired) electrons. The second-order valence-electron chi connectivity index (χ2n) is 7.70. The number of carbonyl (C=O) groups excluding carboxylic acids is 1. The normalized spacial score (nSPS) is 11.2. The van der Waals surface area contributed by atoms with Crippen molar-refractivity contribution in [2.45, 2.75) is 27.2 Å². The third-order valence-corrected chi connectivity index (χ3v) is 5.58. The summed E-state index contributed by atoms with van der Waals surface area (Å²) in [5.74, 6) is 0.375. The molecule has 162 valence electrons. The Labute approximate surface area is 188 Å². The van der Waals surface area contributed by atoms with Crippen LogP contribution < -0.4 is 10.2 Å². The molecular weight excluding hydrogens is 398 g/mol. The molecule has 1 aromatic heterocycles. The number of para-hydroxylation sites is 1. The fraction of sp³-hybridized carbons (Fsp3) is 0.185. The summed E-state index contributed by atoms with van der Waals surface area (Å²) in [6, 6.07) is 24.2. The maximum atomic E-state index is 12.2. The summed E-state index contributed by atoms with van der Waals surface area (Å²) < 4.78 is 7.95. The van der Waals surface area contributed by atoms with Crippen LogP contribution >= 0.6 is 0 Å². The summed E-state index contributed by atoms with van der Waals surface area (Å²) >= 11 is 0. The predicted octanol–water partition coefficient (Wildman–Crippen LogP) is 5.34. The van der Waals surface area contributed by atoms with Crippen LogP contribution in [0.3, 0.4) is 0 Å². The smallest absolute Gasteiger partial charge is 0.277 e. The lowest BCUT2D eigenvalue weighted by Crippen LogP contribution is -2.24. The van der Waals surface area contributed by atoms with Gasteiger partial charge in [0.15, 0.2) is 6.61 Å². The van der Waals surface area contributed by atoms with Gasteiger partial charge in [-0.3, -0.25) is 4.79 Å². The van der Waals surface area contributed by atoms with Gasteiger partial charge in [-0.15, -0.1) is 0 Å². The first-order valence-corrected chi connectivity index (χ1v) is 10.8. The molecule has 0 unspecified atom stereocenters. The van der Waals surface area contributed by atoms with E-state index in [0.29, 0.717) is 5.75 Å². The average molecular weight is 426 g/mol. The first kappa shape index (κ1) is 21.4. The minimum atomic E-state index is -0.306. The molecule has 5 nitrogen and oxygen atoms in total. The highest BCUT2D eigenvalue weighted by Crippen LogP contribution is 2.25. The number of aryl methyl sites for hydroxylation is 2. The van der Waals surface area contributed by atoms with Crippen LogP contribution in [-0.4, -0.2) is 23.3 Å². The van der Waals surface area contributed by atoms with Crippen molar-refractivity contribution in [3.8, 4) is 11.4 Å². The Hall–Kier alpha value is -3.86. The topological polar surface area (TPSA) is 55.6 Å². The average Bonchev–Trinajstić information content (AvgIpc) is 3.10. The molecule has 0 aliphatic heterocycles. The summed E-state index contributed by atoms with van der Waals surface area (Å²) in [4.78, 5) is 12.2. The number of amides is 1. The van der Waals surface area contributed by atoms with Gasteiger partial charge >= 0.3 is 0 Å². The number of nitrogens with zero attached hydrogens (tertiary/aromatic N) is 2. The molecule has 0 saturated carbocycles. The van der Waals surface area contributed by atoms with E-state index in [-0.39, 0.29) is 12.5 Å². The van der Waals surface area contributed by atoms with Crippen molar-refractivity contribution in [2.24, 2.45) is 5.10 Å². The van der Waals surface area contributed by atoms with Crippen molar-refractivity contribution < 1.29 is 9.53 Å². The number of hydrogen-bond donors (Lipinski definition) is 1. The number of hydrogen-bond acceptors (Lipinski definition) is 3. The number of nitrogens with one attached hydrogen (secondary N) is 1. The number of carbonyl (C=O) groups is 1. The Morgan fingerprint density at radius 2 is 1.78 bits per heavy atom. The van der Waals surface area contributed by atoms with E-state index in [1.807, 2.05) is 42.5 Å². The van der Waals surface area contributed by atoms with E-state index in [1.165, 1.54) is 11.3 Å². The third kappa shape index (κ3) is 4.42. The molecule has 0 aliphatic carbocycles. The maximum absolute atomic E-state index is 12.2. The quantitative estimate of drug-likeness (QED) is 0.321. The standard InChI is InChI=1S/C27H27N3O2/c1-4-21-10-6-8-14-25(21)30-19(2)16-23(20(30)3)17-28-29-27(31)18-32-26-15-9-12-22-11-5-7-13-24(22)26/h5-17H,4,18H2,1-3H3,(H,29,31)/b28-17+. The second kappa shape index (κ2) is 9.52. The van der Waals surface area contributed by atoms with Crippen molar-refractivity contribution in [2.75, 3.05) is 6.61 Å². The van der Waals surface area contributed by atoms with Crippen LogP contribution in [0.4, 0.5) is 0 Å². The van der Waals surface area contributed by atoms with Gasteiger partial charge in [0.1, 0.15) is 5.75 Å². The molecule has 0 bridgehead atoms. The number of rotatable bonds is 7. The van der Waals surface area contributed by atoms with Crippen LogP contribution in [-0.2, 0) is 11.2 Å². The molecule has 0 saturated heterocycles. The Morgan fingerprint density at radius 1 is 1.03 bits per heavy atom. The van der Waals surface area contributed by atoms with Gasteiger partial charge in [0, 0.05) is 28.0 Å². The van der Waals surface area contributed by atoms with Gasteiger partial charge in [0.05, 0.1) is 6.21 Å². The second-order valence-corrected chi connectivity index (χ2v) is 7.70. The molecule has 5 heteroatoms. The van der Waals surface area contributed by atoms with Gasteiger partial charge < -0.3 is 9.30 Å². The Balaban J connectivity index is 1.42. The SMILES string of the molecule is CCc1ccccc1-n1c(C)cc(/C=N/NC(=O)COc2cccc3ccccc23)c1C. The summed E-state index contributed by atoms with van der Waals surface area (Å²) in [5.41, 5.74) is 8.19. The molecule has 4 rings (SSSR count). The first-order valence-electron chi connectivity index (χ1n) is 10.8. The highest BCUT2D eigenvalue weighted by Gasteiger charge is 2.12. The number of benzene rings is 3. The zero-order chi connectivity index (χ0) is 22.5. The van der Waals surface area contributed by atoms with Crippen LogP contribution in [0, 0.1) is 13.8 Å². The molecule has 0 atom stereocenters. The van der Waals surface area contributed by atoms with Crippen LogP contribution in [0.1, 0.15) is 29.4 Å². The van der Waals surface area contributed by atoms with Crippen LogP contribution in [0.25, 0.3) is 16.5 Å². The summed E-state index contributed by atoms with van der Waals surface area (Å²) in [6.45, 7) is 6.19. The van der Waals surface area contributed by atoms with Crippen molar-refractivity contribution >= 4 is 22.9 Å². The van der Waals surface area contributed by atoms with E-state index in [2.05, 4.69) is 66.2 Å². The number of ether oxygens (including phenoxy) is 1. The molecule has 32 heavy (non-hydrogen) atoms. The maximum Gasteiger partial charge on any atom is 0.277 e. The van der Waals surface area contributed by atoms with E-state index in [1.54, 1.807) is 6.21 Å². The van der Waals surface area contributed by atoms with E-state index in [4.69, 9.17) is 4.74 Å². The fourth-order valence-electron chi connectivity index (χ4n) is 3.99. The van der Waals surface area contributed by atoms with Crippen molar-refractivity contribution in [1.82, 2.24) is 9.99 Å². The van der Waals surface area contributed by atoms with Crippen LogP contribution in [0.2, 0.25) is 0 Å². The van der Waals surface area contributed by atoms with Crippen LogP contribution in [0.5, 0.6) is 5.75 Å². The van der Waals surface area contributed by atoms with Crippen molar-refractivity contribution in [3.05, 3.63) is 95.3 Å². The van der Waals surface area contributed by atoms with Gasteiger partial charge in [-0.1, -0.05) is 61.5 Å². The monoisotopic (exact) mass is 425 g/mol. The minimum absolute atomic E-state index is 0.103. The first-order chi connectivity index (χ1) is 15.6. The van der Waals surface area contributed by atoms with Gasteiger partial charge in [-0.05, 0) is 49.4 Å². The summed E-state index contributed by atoms with van der Waals surface area (Å²) in [7, 11) is 0. The Morgan fingerprint density at radius 3 is 2.62 bits per heavy atom.